The van der Waals surface area contributed by atoms with Crippen molar-refractivity contribution in [2.75, 3.05) is 6.61 Å². The molecule has 0 spiro atoms. The van der Waals surface area contributed by atoms with Gasteiger partial charge in [0.2, 0.25) is 0 Å². The summed E-state index contributed by atoms with van der Waals surface area (Å²) in [7, 11) is 0. The fraction of sp³-hybridized carbons (Fsp3) is 1.00. The zero-order chi connectivity index (χ0) is 7.56. The van der Waals surface area contributed by atoms with Gasteiger partial charge in [0.25, 0.3) is 0 Å². The SMILES string of the molecule is CC1OC[C@@H](C)CC[C@H]1C. The largest absolute Gasteiger partial charge is 0.378 e. The molecule has 0 aliphatic carbocycles. The molecule has 1 heterocycles. The van der Waals surface area contributed by atoms with E-state index >= 15 is 0 Å². The van der Waals surface area contributed by atoms with Crippen LogP contribution in [0.2, 0.25) is 0 Å². The van der Waals surface area contributed by atoms with E-state index in [1.807, 2.05) is 0 Å². The van der Waals surface area contributed by atoms with Gasteiger partial charge >= 0.3 is 0 Å². The van der Waals surface area contributed by atoms with Crippen LogP contribution in [0.3, 0.4) is 0 Å². The Morgan fingerprint density at radius 2 is 1.80 bits per heavy atom. The summed E-state index contributed by atoms with van der Waals surface area (Å²) in [5.41, 5.74) is 0. The lowest BCUT2D eigenvalue weighted by atomic mass is 9.97. The first-order valence-corrected chi connectivity index (χ1v) is 4.31. The third-order valence-electron chi connectivity index (χ3n) is 2.56. The van der Waals surface area contributed by atoms with Gasteiger partial charge in [-0.3, -0.25) is 0 Å². The highest BCUT2D eigenvalue weighted by molar-refractivity contribution is 4.68. The topological polar surface area (TPSA) is 9.23 Å². The maximum atomic E-state index is 5.63. The van der Waals surface area contributed by atoms with Gasteiger partial charge < -0.3 is 4.74 Å². The van der Waals surface area contributed by atoms with Crippen molar-refractivity contribution in [3.05, 3.63) is 0 Å². The second-order valence-electron chi connectivity index (χ2n) is 3.70. The van der Waals surface area contributed by atoms with Gasteiger partial charge in [-0.05, 0) is 31.6 Å². The molecule has 3 atom stereocenters. The molecule has 1 unspecified atom stereocenters. The fourth-order valence-electron chi connectivity index (χ4n) is 1.35. The van der Waals surface area contributed by atoms with Crippen LogP contribution in [0.15, 0.2) is 0 Å². The van der Waals surface area contributed by atoms with E-state index in [0.717, 1.165) is 18.4 Å². The molecular weight excluding hydrogens is 124 g/mol. The van der Waals surface area contributed by atoms with E-state index in [-0.39, 0.29) is 0 Å². The lowest BCUT2D eigenvalue weighted by Gasteiger charge is -2.15. The van der Waals surface area contributed by atoms with Crippen LogP contribution in [0.25, 0.3) is 0 Å². The maximum absolute atomic E-state index is 5.63. The van der Waals surface area contributed by atoms with E-state index in [2.05, 4.69) is 20.8 Å². The van der Waals surface area contributed by atoms with Crippen LogP contribution in [0.1, 0.15) is 33.6 Å². The van der Waals surface area contributed by atoms with Crippen molar-refractivity contribution in [1.29, 1.82) is 0 Å². The number of hydrogen-bond donors (Lipinski definition) is 0. The van der Waals surface area contributed by atoms with Crippen molar-refractivity contribution in [3.8, 4) is 0 Å². The van der Waals surface area contributed by atoms with E-state index in [0.29, 0.717) is 6.10 Å². The third kappa shape index (κ3) is 1.98. The minimum atomic E-state index is 0.477. The normalized spacial score (nSPS) is 42.9. The van der Waals surface area contributed by atoms with E-state index in [4.69, 9.17) is 4.74 Å². The van der Waals surface area contributed by atoms with Crippen molar-refractivity contribution >= 4 is 0 Å². The first-order valence-electron chi connectivity index (χ1n) is 4.31. The van der Waals surface area contributed by atoms with Gasteiger partial charge in [0.05, 0.1) is 6.10 Å². The molecule has 0 aromatic heterocycles. The molecule has 1 heteroatoms. The van der Waals surface area contributed by atoms with Crippen LogP contribution in [-0.4, -0.2) is 12.7 Å². The average Bonchev–Trinajstić information content (AvgIpc) is 2.04. The fourth-order valence-corrected chi connectivity index (χ4v) is 1.35. The quantitative estimate of drug-likeness (QED) is 0.505. The van der Waals surface area contributed by atoms with Crippen LogP contribution >= 0.6 is 0 Å². The van der Waals surface area contributed by atoms with Crippen molar-refractivity contribution < 1.29 is 4.74 Å². The molecule has 1 aliphatic heterocycles. The first kappa shape index (κ1) is 8.06. The Morgan fingerprint density at radius 1 is 1.10 bits per heavy atom. The van der Waals surface area contributed by atoms with Gasteiger partial charge in [-0.15, -0.1) is 0 Å². The number of rotatable bonds is 0. The Kier molecular flexibility index (Phi) is 2.72. The molecule has 0 radical (unpaired) electrons. The van der Waals surface area contributed by atoms with E-state index in [1.165, 1.54) is 12.8 Å². The summed E-state index contributed by atoms with van der Waals surface area (Å²) in [5.74, 6) is 1.53. The zero-order valence-corrected chi connectivity index (χ0v) is 7.26. The monoisotopic (exact) mass is 142 g/mol. The summed E-state index contributed by atoms with van der Waals surface area (Å²) in [6, 6.07) is 0. The molecule has 1 fully saturated rings. The van der Waals surface area contributed by atoms with E-state index in [1.54, 1.807) is 0 Å². The smallest absolute Gasteiger partial charge is 0.0572 e. The Balaban J connectivity index is 2.38. The molecule has 1 rings (SSSR count). The van der Waals surface area contributed by atoms with Crippen molar-refractivity contribution in [2.24, 2.45) is 11.8 Å². The molecule has 0 aromatic rings. The molecule has 1 saturated heterocycles. The van der Waals surface area contributed by atoms with Crippen LogP contribution in [0, 0.1) is 11.8 Å². The summed E-state index contributed by atoms with van der Waals surface area (Å²) in [6.07, 6.45) is 3.15. The molecule has 1 nitrogen and oxygen atoms in total. The first-order chi connectivity index (χ1) is 4.70. The Labute approximate surface area is 63.8 Å². The predicted molar refractivity (Wildman–Crippen MR) is 43.0 cm³/mol. The summed E-state index contributed by atoms with van der Waals surface area (Å²) >= 11 is 0. The van der Waals surface area contributed by atoms with Gasteiger partial charge in [0.15, 0.2) is 0 Å². The standard InChI is InChI=1S/C9H18O/c1-7-4-5-8(2)9(3)10-6-7/h7-9H,4-6H2,1-3H3/t7-,8+,9?/m0/s1. The summed E-state index contributed by atoms with van der Waals surface area (Å²) in [6.45, 7) is 7.70. The molecule has 0 amide bonds. The summed E-state index contributed by atoms with van der Waals surface area (Å²) in [4.78, 5) is 0. The summed E-state index contributed by atoms with van der Waals surface area (Å²) in [5, 5.41) is 0. The van der Waals surface area contributed by atoms with Gasteiger partial charge in [0, 0.05) is 6.61 Å². The van der Waals surface area contributed by atoms with Gasteiger partial charge in [-0.1, -0.05) is 13.8 Å². The lowest BCUT2D eigenvalue weighted by molar-refractivity contribution is 0.0319. The Hall–Kier alpha value is -0.0400. The van der Waals surface area contributed by atoms with E-state index in [9.17, 15) is 0 Å². The Morgan fingerprint density at radius 3 is 2.50 bits per heavy atom. The highest BCUT2D eigenvalue weighted by atomic mass is 16.5. The third-order valence-corrected chi connectivity index (χ3v) is 2.56. The lowest BCUT2D eigenvalue weighted by Crippen LogP contribution is -2.15. The van der Waals surface area contributed by atoms with Gasteiger partial charge in [0.1, 0.15) is 0 Å². The molecule has 0 bridgehead atoms. The van der Waals surface area contributed by atoms with Gasteiger partial charge in [-0.2, -0.15) is 0 Å². The van der Waals surface area contributed by atoms with Crippen LogP contribution in [-0.2, 0) is 4.74 Å². The molecule has 1 aliphatic rings. The van der Waals surface area contributed by atoms with Gasteiger partial charge in [-0.25, -0.2) is 0 Å². The average molecular weight is 142 g/mol. The molecule has 60 valence electrons. The molecule has 10 heavy (non-hydrogen) atoms. The molecule has 0 saturated carbocycles. The van der Waals surface area contributed by atoms with Crippen LogP contribution < -0.4 is 0 Å². The van der Waals surface area contributed by atoms with E-state index < -0.39 is 0 Å². The van der Waals surface area contributed by atoms with Crippen LogP contribution in [0.4, 0.5) is 0 Å². The van der Waals surface area contributed by atoms with Crippen molar-refractivity contribution in [3.63, 3.8) is 0 Å². The number of hydrogen-bond acceptors (Lipinski definition) is 1. The Bertz CT molecular complexity index is 88.9. The molecule has 0 N–H and O–H groups in total. The molecule has 0 aromatic carbocycles. The zero-order valence-electron chi connectivity index (χ0n) is 7.26. The second-order valence-corrected chi connectivity index (χ2v) is 3.70. The minimum Gasteiger partial charge on any atom is -0.378 e. The number of ether oxygens (including phenoxy) is 1. The predicted octanol–water partition coefficient (Wildman–Crippen LogP) is 2.46. The van der Waals surface area contributed by atoms with Crippen LogP contribution in [0.5, 0.6) is 0 Å². The minimum absolute atomic E-state index is 0.477. The van der Waals surface area contributed by atoms with Crippen molar-refractivity contribution in [2.45, 2.75) is 39.7 Å². The highest BCUT2D eigenvalue weighted by Crippen LogP contribution is 2.22. The maximum Gasteiger partial charge on any atom is 0.0572 e. The molecular formula is C9H18O. The highest BCUT2D eigenvalue weighted by Gasteiger charge is 2.18. The summed E-state index contributed by atoms with van der Waals surface area (Å²) < 4.78 is 5.63. The van der Waals surface area contributed by atoms with Crippen molar-refractivity contribution in [1.82, 2.24) is 0 Å². The second kappa shape index (κ2) is 3.38.